The Bertz CT molecular complexity index is 394. The van der Waals surface area contributed by atoms with Crippen LogP contribution in [-0.4, -0.2) is 12.0 Å². The van der Waals surface area contributed by atoms with Crippen molar-refractivity contribution in [1.82, 2.24) is 0 Å². The Hall–Kier alpha value is -1.10. The average Bonchev–Trinajstić information content (AvgIpc) is 2.05. The van der Waals surface area contributed by atoms with Gasteiger partial charge in [-0.05, 0) is 22.0 Å². The van der Waals surface area contributed by atoms with E-state index in [-0.39, 0.29) is 15.9 Å². The number of nitrogens with zero attached hydrogens (tertiary/aromatic N) is 1. The minimum absolute atomic E-state index is 0.0422. The van der Waals surface area contributed by atoms with Gasteiger partial charge in [0.15, 0.2) is 0 Å². The molecule has 0 saturated carbocycles. The minimum atomic E-state index is -2.57. The van der Waals surface area contributed by atoms with Crippen LogP contribution in [0.3, 0.4) is 0 Å². The fourth-order valence-corrected chi connectivity index (χ4v) is 1.13. The molecule has 1 aromatic carbocycles. The Morgan fingerprint density at radius 1 is 1.75 bits per heavy atom. The number of methoxy groups -OCH3 is 1. The van der Waals surface area contributed by atoms with Gasteiger partial charge in [0, 0.05) is 12.1 Å². The van der Waals surface area contributed by atoms with Crippen molar-refractivity contribution >= 4 is 21.6 Å². The van der Waals surface area contributed by atoms with Crippen LogP contribution in [-0.2, 0) is 0 Å². The number of nitro benzene ring substituents is 1. The first-order valence-corrected chi connectivity index (χ1v) is 3.72. The molecule has 0 bridgehead atoms. The van der Waals surface area contributed by atoms with Gasteiger partial charge >= 0.3 is 0 Å². The third kappa shape index (κ3) is 1.73. The summed E-state index contributed by atoms with van der Waals surface area (Å²) in [6, 6.07) is 3.58. The van der Waals surface area contributed by atoms with Crippen molar-refractivity contribution in [3.8, 4) is 5.75 Å². The predicted octanol–water partition coefficient (Wildman–Crippen LogP) is 2.37. The fraction of sp³-hybridized carbons (Fsp3) is 0.143. The molecule has 12 heavy (non-hydrogen) atoms. The summed E-state index contributed by atoms with van der Waals surface area (Å²) in [5, 5.41) is 10.4. The van der Waals surface area contributed by atoms with E-state index in [2.05, 4.69) is 20.7 Å². The van der Waals surface area contributed by atoms with Crippen LogP contribution in [0.4, 0.5) is 5.69 Å². The van der Waals surface area contributed by atoms with Crippen molar-refractivity contribution in [2.75, 3.05) is 7.04 Å². The van der Waals surface area contributed by atoms with Gasteiger partial charge in [-0.15, -0.1) is 0 Å². The second-order valence-corrected chi connectivity index (χ2v) is 2.83. The summed E-state index contributed by atoms with van der Waals surface area (Å²) in [7, 11) is -2.57. The van der Waals surface area contributed by atoms with Gasteiger partial charge in [0.25, 0.3) is 5.69 Å². The highest BCUT2D eigenvalue weighted by atomic mass is 79.9. The molecule has 0 spiro atoms. The van der Waals surface area contributed by atoms with Crippen LogP contribution >= 0.6 is 15.9 Å². The molecule has 0 atom stereocenters. The van der Waals surface area contributed by atoms with E-state index in [1.54, 1.807) is 0 Å². The van der Waals surface area contributed by atoms with Gasteiger partial charge in [0.2, 0.25) is 0 Å². The first-order chi connectivity index (χ1) is 6.79. The minimum Gasteiger partial charge on any atom is -0.496 e. The summed E-state index contributed by atoms with van der Waals surface area (Å²) < 4.78 is 25.4. The Morgan fingerprint density at radius 3 is 3.00 bits per heavy atom. The molecule has 4 nitrogen and oxygen atoms in total. The van der Waals surface area contributed by atoms with Crippen molar-refractivity contribution in [2.24, 2.45) is 0 Å². The SMILES string of the molecule is [2H]C([2H])([2H])Oc1ccc([N+](=O)[O-])cc1Br. The molecule has 5 heteroatoms. The molecule has 0 aliphatic carbocycles. The molecule has 0 unspecified atom stereocenters. The molecule has 0 N–H and O–H groups in total. The number of ether oxygens (including phenoxy) is 1. The highest BCUT2D eigenvalue weighted by molar-refractivity contribution is 9.10. The smallest absolute Gasteiger partial charge is 0.270 e. The Kier molecular flexibility index (Phi) is 1.63. The maximum absolute atomic E-state index is 10.4. The predicted molar refractivity (Wildman–Crippen MR) is 47.3 cm³/mol. The lowest BCUT2D eigenvalue weighted by Crippen LogP contribution is -1.89. The van der Waals surface area contributed by atoms with Crippen molar-refractivity contribution in [3.05, 3.63) is 32.8 Å². The molecule has 0 heterocycles. The number of benzene rings is 1. The van der Waals surface area contributed by atoms with Crippen LogP contribution < -0.4 is 4.74 Å². The number of hydrogen-bond acceptors (Lipinski definition) is 3. The lowest BCUT2D eigenvalue weighted by atomic mass is 10.3. The van der Waals surface area contributed by atoms with Crippen LogP contribution in [0.5, 0.6) is 5.75 Å². The summed E-state index contributed by atoms with van der Waals surface area (Å²) in [5.41, 5.74) is -0.139. The van der Waals surface area contributed by atoms with Crippen LogP contribution in [0.2, 0.25) is 0 Å². The van der Waals surface area contributed by atoms with E-state index < -0.39 is 12.0 Å². The normalized spacial score (nSPS) is 14.2. The molecule has 64 valence electrons. The zero-order valence-corrected chi connectivity index (χ0v) is 7.37. The highest BCUT2D eigenvalue weighted by Gasteiger charge is 2.08. The van der Waals surface area contributed by atoms with Crippen molar-refractivity contribution in [2.45, 2.75) is 0 Å². The monoisotopic (exact) mass is 234 g/mol. The topological polar surface area (TPSA) is 52.4 Å². The second-order valence-electron chi connectivity index (χ2n) is 1.97. The molecule has 0 saturated heterocycles. The lowest BCUT2D eigenvalue weighted by Gasteiger charge is -2.00. The lowest BCUT2D eigenvalue weighted by molar-refractivity contribution is -0.384. The van der Waals surface area contributed by atoms with Crippen LogP contribution in [0.15, 0.2) is 22.7 Å². The molecule has 1 aromatic rings. The summed E-state index contributed by atoms with van der Waals surface area (Å²) in [5.74, 6) is 0.0422. The van der Waals surface area contributed by atoms with Gasteiger partial charge in [-0.1, -0.05) is 0 Å². The van der Waals surface area contributed by atoms with Gasteiger partial charge in [-0.2, -0.15) is 0 Å². The maximum atomic E-state index is 10.4. The van der Waals surface area contributed by atoms with Gasteiger partial charge in [0.1, 0.15) is 5.75 Å². The molecule has 0 aromatic heterocycles. The van der Waals surface area contributed by atoms with Gasteiger partial charge < -0.3 is 4.74 Å². The van der Waals surface area contributed by atoms with Gasteiger partial charge in [-0.25, -0.2) is 0 Å². The Morgan fingerprint density at radius 2 is 2.50 bits per heavy atom. The van der Waals surface area contributed by atoms with E-state index in [0.717, 1.165) is 0 Å². The Balaban J connectivity index is 2.99. The molecule has 0 fully saturated rings. The molecule has 0 aliphatic heterocycles. The quantitative estimate of drug-likeness (QED) is 0.584. The number of non-ortho nitro benzene ring substituents is 1. The third-order valence-electron chi connectivity index (χ3n) is 1.24. The van der Waals surface area contributed by atoms with Crippen molar-refractivity contribution in [1.29, 1.82) is 0 Å². The van der Waals surface area contributed by atoms with E-state index in [4.69, 9.17) is 4.11 Å². The molecule has 1 rings (SSSR count). The Labute approximate surface area is 81.6 Å². The van der Waals surface area contributed by atoms with Crippen LogP contribution in [0.25, 0.3) is 0 Å². The largest absolute Gasteiger partial charge is 0.496 e. The van der Waals surface area contributed by atoms with Crippen LogP contribution in [0.1, 0.15) is 4.11 Å². The number of nitro groups is 1. The summed E-state index contributed by atoms with van der Waals surface area (Å²) in [6.45, 7) is 0. The molecular formula is C7H6BrNO3. The molecule has 0 radical (unpaired) electrons. The molecule has 0 amide bonds. The van der Waals surface area contributed by atoms with E-state index in [9.17, 15) is 10.1 Å². The average molecular weight is 235 g/mol. The fourth-order valence-electron chi connectivity index (χ4n) is 0.686. The third-order valence-corrected chi connectivity index (χ3v) is 1.86. The van der Waals surface area contributed by atoms with E-state index in [1.807, 2.05) is 0 Å². The van der Waals surface area contributed by atoms with Gasteiger partial charge in [-0.3, -0.25) is 10.1 Å². The number of hydrogen-bond donors (Lipinski definition) is 0. The van der Waals surface area contributed by atoms with Crippen molar-refractivity contribution < 1.29 is 13.8 Å². The summed E-state index contributed by atoms with van der Waals surface area (Å²) in [4.78, 5) is 9.80. The highest BCUT2D eigenvalue weighted by Crippen LogP contribution is 2.28. The maximum Gasteiger partial charge on any atom is 0.270 e. The van der Waals surface area contributed by atoms with E-state index >= 15 is 0 Å². The van der Waals surface area contributed by atoms with E-state index in [0.29, 0.717) is 0 Å². The first-order valence-electron chi connectivity index (χ1n) is 4.42. The number of halogens is 1. The first kappa shape index (κ1) is 5.53. The molecule has 0 aliphatic rings. The standard InChI is InChI=1S/C7H6BrNO3/c1-12-7-3-2-5(9(10)11)4-6(7)8/h2-4H,1H3/i1D3. The second kappa shape index (κ2) is 3.53. The molecular weight excluding hydrogens is 226 g/mol. The summed E-state index contributed by atoms with van der Waals surface area (Å²) >= 11 is 2.99. The van der Waals surface area contributed by atoms with Crippen LogP contribution in [0, 0.1) is 10.1 Å². The van der Waals surface area contributed by atoms with E-state index in [1.165, 1.54) is 18.2 Å². The van der Waals surface area contributed by atoms with Crippen molar-refractivity contribution in [3.63, 3.8) is 0 Å². The van der Waals surface area contributed by atoms with Gasteiger partial charge in [0.05, 0.1) is 20.5 Å². The summed E-state index contributed by atoms with van der Waals surface area (Å²) in [6.07, 6.45) is 0. The zero-order valence-electron chi connectivity index (χ0n) is 8.78. The zero-order chi connectivity index (χ0) is 11.6. The number of rotatable bonds is 2.